The number of sulfonamides is 1. The van der Waals surface area contributed by atoms with Crippen molar-refractivity contribution in [1.29, 1.82) is 0 Å². The van der Waals surface area contributed by atoms with Gasteiger partial charge in [0.15, 0.2) is 0 Å². The Morgan fingerprint density at radius 2 is 1.83 bits per heavy atom. The molecule has 2 rings (SSSR count). The van der Waals surface area contributed by atoms with Gasteiger partial charge in [-0.15, -0.1) is 0 Å². The summed E-state index contributed by atoms with van der Waals surface area (Å²) in [7, 11) is -1.44. The first-order valence-electron chi connectivity index (χ1n) is 7.42. The van der Waals surface area contributed by atoms with Crippen LogP contribution in [0.25, 0.3) is 0 Å². The number of benzene rings is 1. The van der Waals surface area contributed by atoms with Crippen LogP contribution in [-0.4, -0.2) is 74.5 Å². The first-order valence-corrected chi connectivity index (χ1v) is 9.27. The van der Waals surface area contributed by atoms with Crippen LogP contribution in [0, 0.1) is 5.82 Å². The number of nitrogens with zero attached hydrogens (tertiary/aromatic N) is 3. The summed E-state index contributed by atoms with van der Waals surface area (Å²) in [6, 6.07) is 6.49. The van der Waals surface area contributed by atoms with Crippen molar-refractivity contribution in [2.45, 2.75) is 6.54 Å². The number of hydrogen-bond donors (Lipinski definition) is 0. The van der Waals surface area contributed by atoms with E-state index in [0.717, 1.165) is 0 Å². The van der Waals surface area contributed by atoms with Crippen molar-refractivity contribution in [2.24, 2.45) is 0 Å². The van der Waals surface area contributed by atoms with Gasteiger partial charge in [-0.1, -0.05) is 18.2 Å². The monoisotopic (exact) mass is 343 g/mol. The molecule has 128 valence electrons. The molecule has 8 heteroatoms. The molecule has 1 aromatic rings. The van der Waals surface area contributed by atoms with E-state index >= 15 is 0 Å². The van der Waals surface area contributed by atoms with E-state index in [-0.39, 0.29) is 18.3 Å². The number of likely N-dealkylation sites (N-methyl/N-ethyl adjacent to an activating group) is 1. The van der Waals surface area contributed by atoms with E-state index in [2.05, 4.69) is 0 Å². The Morgan fingerprint density at radius 3 is 2.39 bits per heavy atom. The Labute approximate surface area is 136 Å². The van der Waals surface area contributed by atoms with Crippen LogP contribution in [0.2, 0.25) is 0 Å². The largest absolute Gasteiger partial charge is 0.339 e. The summed E-state index contributed by atoms with van der Waals surface area (Å²) < 4.78 is 37.9. The van der Waals surface area contributed by atoms with Crippen LogP contribution < -0.4 is 0 Å². The highest BCUT2D eigenvalue weighted by atomic mass is 32.2. The number of amides is 1. The Balaban J connectivity index is 1.84. The van der Waals surface area contributed by atoms with Gasteiger partial charge in [0.05, 0.1) is 12.8 Å². The second kappa shape index (κ2) is 7.37. The molecular formula is C15H22FN3O3S. The fourth-order valence-electron chi connectivity index (χ4n) is 2.57. The summed E-state index contributed by atoms with van der Waals surface area (Å²) in [5, 5.41) is 0. The van der Waals surface area contributed by atoms with Gasteiger partial charge in [0.1, 0.15) is 5.82 Å². The second-order valence-corrected chi connectivity index (χ2v) is 7.79. The molecule has 0 saturated carbocycles. The predicted molar refractivity (Wildman–Crippen MR) is 85.7 cm³/mol. The van der Waals surface area contributed by atoms with E-state index < -0.39 is 10.0 Å². The van der Waals surface area contributed by atoms with Gasteiger partial charge < -0.3 is 4.90 Å². The van der Waals surface area contributed by atoms with Gasteiger partial charge in [0, 0.05) is 38.3 Å². The third-order valence-corrected chi connectivity index (χ3v) is 5.17. The third-order valence-electron chi connectivity index (χ3n) is 3.86. The Kier molecular flexibility index (Phi) is 5.72. The Bertz CT molecular complexity index is 658. The highest BCUT2D eigenvalue weighted by Crippen LogP contribution is 2.10. The highest BCUT2D eigenvalue weighted by Gasteiger charge is 2.26. The lowest BCUT2D eigenvalue weighted by molar-refractivity contribution is -0.133. The topological polar surface area (TPSA) is 60.9 Å². The standard InChI is InChI=1S/C15H22FN3O3S/c1-17(11-13-5-3-4-6-14(13)16)12-15(20)18-7-9-19(10-8-18)23(2,21)22/h3-6H,7-12H2,1-2H3. The summed E-state index contributed by atoms with van der Waals surface area (Å²) in [6.45, 7) is 1.94. The molecule has 0 spiro atoms. The molecule has 1 aromatic carbocycles. The molecule has 23 heavy (non-hydrogen) atoms. The average Bonchev–Trinajstić information content (AvgIpc) is 2.49. The molecule has 1 amide bonds. The van der Waals surface area contributed by atoms with Crippen molar-refractivity contribution < 1.29 is 17.6 Å². The molecule has 0 unspecified atom stereocenters. The molecule has 1 aliphatic rings. The first-order chi connectivity index (χ1) is 10.8. The Morgan fingerprint density at radius 1 is 1.22 bits per heavy atom. The van der Waals surface area contributed by atoms with Crippen LogP contribution in [-0.2, 0) is 21.4 Å². The van der Waals surface area contributed by atoms with E-state index in [1.165, 1.54) is 16.6 Å². The summed E-state index contributed by atoms with van der Waals surface area (Å²) in [6.07, 6.45) is 1.17. The zero-order chi connectivity index (χ0) is 17.0. The highest BCUT2D eigenvalue weighted by molar-refractivity contribution is 7.88. The summed E-state index contributed by atoms with van der Waals surface area (Å²) in [4.78, 5) is 15.7. The van der Waals surface area contributed by atoms with Crippen molar-refractivity contribution in [3.8, 4) is 0 Å². The van der Waals surface area contributed by atoms with Crippen molar-refractivity contribution in [3.05, 3.63) is 35.6 Å². The first kappa shape index (κ1) is 17.8. The minimum atomic E-state index is -3.20. The van der Waals surface area contributed by atoms with E-state index in [1.807, 2.05) is 0 Å². The molecule has 6 nitrogen and oxygen atoms in total. The van der Waals surface area contributed by atoms with Crippen LogP contribution in [0.15, 0.2) is 24.3 Å². The van der Waals surface area contributed by atoms with Gasteiger partial charge in [0.25, 0.3) is 0 Å². The Hall–Kier alpha value is -1.51. The summed E-state index contributed by atoms with van der Waals surface area (Å²) in [5.74, 6) is -0.356. The fraction of sp³-hybridized carbons (Fsp3) is 0.533. The smallest absolute Gasteiger partial charge is 0.236 e. The van der Waals surface area contributed by atoms with Crippen molar-refractivity contribution in [3.63, 3.8) is 0 Å². The third kappa shape index (κ3) is 4.98. The van der Waals surface area contributed by atoms with Gasteiger partial charge in [-0.25, -0.2) is 12.8 Å². The fourth-order valence-corrected chi connectivity index (χ4v) is 3.40. The van der Waals surface area contributed by atoms with Crippen LogP contribution >= 0.6 is 0 Å². The zero-order valence-corrected chi connectivity index (χ0v) is 14.2. The van der Waals surface area contributed by atoms with Gasteiger partial charge >= 0.3 is 0 Å². The SMILES string of the molecule is CN(CC(=O)N1CCN(S(C)(=O)=O)CC1)Cc1ccccc1F. The summed E-state index contributed by atoms with van der Waals surface area (Å²) in [5.41, 5.74) is 0.546. The maximum absolute atomic E-state index is 13.6. The van der Waals surface area contributed by atoms with Crippen LogP contribution in [0.1, 0.15) is 5.56 Å². The minimum Gasteiger partial charge on any atom is -0.339 e. The molecule has 0 bridgehead atoms. The molecule has 0 aromatic heterocycles. The molecular weight excluding hydrogens is 321 g/mol. The normalized spacial score (nSPS) is 16.8. The van der Waals surface area contributed by atoms with Gasteiger partial charge in [-0.2, -0.15) is 4.31 Å². The van der Waals surface area contributed by atoms with Gasteiger partial charge in [-0.05, 0) is 13.1 Å². The van der Waals surface area contributed by atoms with Crippen molar-refractivity contribution in [2.75, 3.05) is 46.0 Å². The molecule has 1 heterocycles. The molecule has 1 fully saturated rings. The molecule has 0 aliphatic carbocycles. The molecule has 0 atom stereocenters. The average molecular weight is 343 g/mol. The van der Waals surface area contributed by atoms with Gasteiger partial charge in [-0.3, -0.25) is 9.69 Å². The quantitative estimate of drug-likeness (QED) is 0.775. The molecule has 0 N–H and O–H groups in total. The number of halogens is 1. The predicted octanol–water partition coefficient (Wildman–Crippen LogP) is 0.361. The maximum atomic E-state index is 13.6. The van der Waals surface area contributed by atoms with Gasteiger partial charge in [0.2, 0.25) is 15.9 Å². The van der Waals surface area contributed by atoms with E-state index in [0.29, 0.717) is 38.3 Å². The van der Waals surface area contributed by atoms with E-state index in [4.69, 9.17) is 0 Å². The van der Waals surface area contributed by atoms with E-state index in [9.17, 15) is 17.6 Å². The maximum Gasteiger partial charge on any atom is 0.236 e. The van der Waals surface area contributed by atoms with Crippen molar-refractivity contribution >= 4 is 15.9 Å². The lowest BCUT2D eigenvalue weighted by Gasteiger charge is -2.34. The molecule has 0 radical (unpaired) electrons. The number of rotatable bonds is 5. The van der Waals surface area contributed by atoms with Crippen LogP contribution in [0.4, 0.5) is 4.39 Å². The number of carbonyl (C=O) groups is 1. The van der Waals surface area contributed by atoms with Crippen LogP contribution in [0.5, 0.6) is 0 Å². The lowest BCUT2D eigenvalue weighted by atomic mass is 10.2. The lowest BCUT2D eigenvalue weighted by Crippen LogP contribution is -2.52. The number of carbonyl (C=O) groups excluding carboxylic acids is 1. The molecule has 1 aliphatic heterocycles. The van der Waals surface area contributed by atoms with Crippen molar-refractivity contribution in [1.82, 2.24) is 14.1 Å². The molecule has 1 saturated heterocycles. The second-order valence-electron chi connectivity index (χ2n) is 5.81. The summed E-state index contributed by atoms with van der Waals surface area (Å²) >= 11 is 0. The van der Waals surface area contributed by atoms with E-state index in [1.54, 1.807) is 35.0 Å². The number of hydrogen-bond acceptors (Lipinski definition) is 4. The zero-order valence-electron chi connectivity index (χ0n) is 13.4. The minimum absolute atomic E-state index is 0.0722. The number of piperazine rings is 1. The van der Waals surface area contributed by atoms with Crippen LogP contribution in [0.3, 0.4) is 0 Å².